The normalized spacial score (nSPS) is 12.5. The fraction of sp³-hybridized carbons (Fsp3) is 0.208. The molecule has 1 aliphatic rings. The van der Waals surface area contributed by atoms with Crippen LogP contribution in [0.2, 0.25) is 0 Å². The molecule has 0 fully saturated rings. The minimum atomic E-state index is -0.211. The number of thioether (sulfide) groups is 1. The Balaban J connectivity index is 1.34. The summed E-state index contributed by atoms with van der Waals surface area (Å²) < 4.78 is 18.5. The second-order valence-corrected chi connectivity index (χ2v) is 9.32. The van der Waals surface area contributed by atoms with Crippen LogP contribution in [-0.4, -0.2) is 41.5 Å². The van der Waals surface area contributed by atoms with Gasteiger partial charge < -0.3 is 19.5 Å². The van der Waals surface area contributed by atoms with E-state index in [2.05, 4.69) is 10.3 Å². The molecule has 8 nitrogen and oxygen atoms in total. The van der Waals surface area contributed by atoms with Gasteiger partial charge in [-0.2, -0.15) is 0 Å². The van der Waals surface area contributed by atoms with Gasteiger partial charge in [0.1, 0.15) is 23.7 Å². The second-order valence-electron chi connectivity index (χ2n) is 7.46. The van der Waals surface area contributed by atoms with Crippen LogP contribution in [0, 0.1) is 0 Å². The Bertz CT molecular complexity index is 1400. The molecule has 0 unspecified atom stereocenters. The largest absolute Gasteiger partial charge is 0.497 e. The first-order chi connectivity index (χ1) is 16.6. The van der Waals surface area contributed by atoms with E-state index in [0.717, 1.165) is 11.3 Å². The monoisotopic (exact) mass is 495 g/mol. The van der Waals surface area contributed by atoms with Gasteiger partial charge in [-0.3, -0.25) is 14.2 Å². The molecule has 10 heteroatoms. The third-order valence-corrected chi connectivity index (χ3v) is 7.06. The minimum Gasteiger partial charge on any atom is -0.497 e. The van der Waals surface area contributed by atoms with Crippen molar-refractivity contribution in [3.8, 4) is 17.2 Å². The number of aromatic nitrogens is 2. The fourth-order valence-corrected chi connectivity index (χ4v) is 5.11. The molecule has 0 radical (unpaired) electrons. The number of anilines is 1. The molecule has 0 spiro atoms. The molecule has 3 heterocycles. The van der Waals surface area contributed by atoms with Gasteiger partial charge >= 0.3 is 0 Å². The molecular formula is C24H21N3O5S2. The first-order valence-corrected chi connectivity index (χ1v) is 12.4. The number of carbonyl (C=O) groups is 1. The van der Waals surface area contributed by atoms with E-state index in [1.165, 1.54) is 23.1 Å². The van der Waals surface area contributed by atoms with Crippen LogP contribution >= 0.6 is 23.1 Å². The van der Waals surface area contributed by atoms with Crippen LogP contribution in [0.5, 0.6) is 17.2 Å². The van der Waals surface area contributed by atoms with Gasteiger partial charge in [-0.15, -0.1) is 11.3 Å². The average molecular weight is 496 g/mol. The van der Waals surface area contributed by atoms with Gasteiger partial charge in [0, 0.05) is 11.8 Å². The Morgan fingerprint density at radius 3 is 2.74 bits per heavy atom. The number of ether oxygens (including phenoxy) is 3. The van der Waals surface area contributed by atoms with Crippen molar-refractivity contribution in [2.45, 2.75) is 11.7 Å². The highest BCUT2D eigenvalue weighted by atomic mass is 32.2. The summed E-state index contributed by atoms with van der Waals surface area (Å²) in [7, 11) is 1.61. The van der Waals surface area contributed by atoms with Crippen LogP contribution in [0.1, 0.15) is 5.56 Å². The van der Waals surface area contributed by atoms with Crippen LogP contribution in [0.25, 0.3) is 10.2 Å². The molecular weight excluding hydrogens is 474 g/mol. The van der Waals surface area contributed by atoms with Crippen molar-refractivity contribution in [2.24, 2.45) is 0 Å². The summed E-state index contributed by atoms with van der Waals surface area (Å²) >= 11 is 2.59. The van der Waals surface area contributed by atoms with E-state index in [4.69, 9.17) is 14.2 Å². The van der Waals surface area contributed by atoms with Crippen molar-refractivity contribution in [1.82, 2.24) is 9.55 Å². The molecule has 174 valence electrons. The highest BCUT2D eigenvalue weighted by molar-refractivity contribution is 7.99. The molecule has 0 saturated carbocycles. The average Bonchev–Trinajstić information content (AvgIpc) is 3.34. The summed E-state index contributed by atoms with van der Waals surface area (Å²) in [6.07, 6.45) is 0. The summed E-state index contributed by atoms with van der Waals surface area (Å²) in [4.78, 5) is 30.5. The van der Waals surface area contributed by atoms with Crippen molar-refractivity contribution in [3.05, 3.63) is 69.8 Å². The van der Waals surface area contributed by atoms with E-state index >= 15 is 0 Å². The zero-order chi connectivity index (χ0) is 23.5. The summed E-state index contributed by atoms with van der Waals surface area (Å²) in [5.74, 6) is 1.90. The number of carbonyl (C=O) groups excluding carboxylic acids is 1. The maximum Gasteiger partial charge on any atom is 0.272 e. The number of rotatable bonds is 7. The standard InChI is InChI=1S/C24H21N3O5S2/c1-30-17-5-2-15(3-6-17)13-27-23(29)22-18(8-11-33-22)26-24(27)34-14-21(28)25-16-4-7-19-20(12-16)32-10-9-31-19/h2-8,11-12H,9-10,13-14H2,1H3,(H,25,28). The summed E-state index contributed by atoms with van der Waals surface area (Å²) in [6.45, 7) is 1.33. The van der Waals surface area contributed by atoms with Crippen molar-refractivity contribution < 1.29 is 19.0 Å². The molecule has 1 N–H and O–H groups in total. The molecule has 4 aromatic rings. The maximum absolute atomic E-state index is 13.2. The highest BCUT2D eigenvalue weighted by Crippen LogP contribution is 2.32. The van der Waals surface area contributed by atoms with Gasteiger partial charge in [-0.1, -0.05) is 23.9 Å². The number of fused-ring (bicyclic) bond motifs is 2. The van der Waals surface area contributed by atoms with Crippen LogP contribution in [-0.2, 0) is 11.3 Å². The Morgan fingerprint density at radius 1 is 1.15 bits per heavy atom. The lowest BCUT2D eigenvalue weighted by atomic mass is 10.2. The van der Waals surface area contributed by atoms with Gasteiger partial charge in [0.05, 0.1) is 24.9 Å². The number of benzene rings is 2. The first-order valence-electron chi connectivity index (χ1n) is 10.5. The SMILES string of the molecule is COc1ccc(Cn2c(SCC(=O)Nc3ccc4c(c3)OCCO4)nc3ccsc3c2=O)cc1. The Morgan fingerprint density at radius 2 is 1.94 bits per heavy atom. The zero-order valence-electron chi connectivity index (χ0n) is 18.3. The number of thiophene rings is 1. The number of methoxy groups -OCH3 is 1. The van der Waals surface area contributed by atoms with E-state index in [9.17, 15) is 9.59 Å². The molecule has 0 atom stereocenters. The summed E-state index contributed by atoms with van der Waals surface area (Å²) in [6, 6.07) is 14.6. The van der Waals surface area contributed by atoms with Crippen LogP contribution < -0.4 is 25.1 Å². The lowest BCUT2D eigenvalue weighted by Gasteiger charge is -2.19. The van der Waals surface area contributed by atoms with Crippen molar-refractivity contribution in [3.63, 3.8) is 0 Å². The molecule has 2 aromatic heterocycles. The molecule has 34 heavy (non-hydrogen) atoms. The van der Waals surface area contributed by atoms with Gasteiger partial charge in [-0.25, -0.2) is 4.98 Å². The predicted molar refractivity (Wildman–Crippen MR) is 133 cm³/mol. The topological polar surface area (TPSA) is 91.7 Å². The number of nitrogens with one attached hydrogen (secondary N) is 1. The van der Waals surface area contributed by atoms with Gasteiger partial charge in [0.2, 0.25) is 5.91 Å². The van der Waals surface area contributed by atoms with E-state index in [0.29, 0.717) is 52.3 Å². The summed E-state index contributed by atoms with van der Waals surface area (Å²) in [5, 5.41) is 5.21. The lowest BCUT2D eigenvalue weighted by Crippen LogP contribution is -2.24. The van der Waals surface area contributed by atoms with Crippen molar-refractivity contribution in [1.29, 1.82) is 0 Å². The van der Waals surface area contributed by atoms with E-state index < -0.39 is 0 Å². The third kappa shape index (κ3) is 4.73. The van der Waals surface area contributed by atoms with Crippen molar-refractivity contribution in [2.75, 3.05) is 31.4 Å². The molecule has 2 aromatic carbocycles. The molecule has 1 aliphatic heterocycles. The molecule has 0 aliphatic carbocycles. The van der Waals surface area contributed by atoms with Crippen LogP contribution in [0.4, 0.5) is 5.69 Å². The Kier molecular flexibility index (Phi) is 6.41. The first kappa shape index (κ1) is 22.3. The second kappa shape index (κ2) is 9.78. The Labute approximate surface area is 203 Å². The highest BCUT2D eigenvalue weighted by Gasteiger charge is 2.16. The molecule has 1 amide bonds. The molecule has 5 rings (SSSR count). The smallest absolute Gasteiger partial charge is 0.272 e. The van der Waals surface area contributed by atoms with E-state index in [-0.39, 0.29) is 17.2 Å². The Hall–Kier alpha value is -3.50. The number of nitrogens with zero attached hydrogens (tertiary/aromatic N) is 2. The maximum atomic E-state index is 13.2. The number of hydrogen-bond donors (Lipinski definition) is 1. The lowest BCUT2D eigenvalue weighted by molar-refractivity contribution is -0.113. The fourth-order valence-electron chi connectivity index (χ4n) is 3.53. The van der Waals surface area contributed by atoms with E-state index in [1.807, 2.05) is 35.7 Å². The van der Waals surface area contributed by atoms with Gasteiger partial charge in [0.25, 0.3) is 5.56 Å². The third-order valence-electron chi connectivity index (χ3n) is 5.19. The van der Waals surface area contributed by atoms with Crippen molar-refractivity contribution >= 4 is 44.9 Å². The summed E-state index contributed by atoms with van der Waals surface area (Å²) in [5.41, 5.74) is 2.07. The minimum absolute atomic E-state index is 0.0964. The van der Waals surface area contributed by atoms with E-state index in [1.54, 1.807) is 29.9 Å². The van der Waals surface area contributed by atoms with Gasteiger partial charge in [0.15, 0.2) is 16.7 Å². The predicted octanol–water partition coefficient (Wildman–Crippen LogP) is 4.02. The molecule has 0 bridgehead atoms. The van der Waals surface area contributed by atoms with Crippen LogP contribution in [0.3, 0.4) is 0 Å². The van der Waals surface area contributed by atoms with Crippen LogP contribution in [0.15, 0.2) is 63.9 Å². The van der Waals surface area contributed by atoms with Gasteiger partial charge in [-0.05, 0) is 41.3 Å². The molecule has 0 saturated heterocycles. The number of hydrogen-bond acceptors (Lipinski definition) is 8. The number of amides is 1. The quantitative estimate of drug-likeness (QED) is 0.306. The zero-order valence-corrected chi connectivity index (χ0v) is 19.9.